The largest absolute Gasteiger partial charge is 0.354 e. The maximum absolute atomic E-state index is 4.47. The van der Waals surface area contributed by atoms with E-state index >= 15 is 0 Å². The minimum absolute atomic E-state index is 0. The van der Waals surface area contributed by atoms with Crippen molar-refractivity contribution in [1.29, 1.82) is 0 Å². The van der Waals surface area contributed by atoms with Crippen LogP contribution in [0.1, 0.15) is 45.0 Å². The van der Waals surface area contributed by atoms with Crippen LogP contribution in [-0.4, -0.2) is 24.0 Å². The monoisotopic (exact) mass is 404 g/mol. The summed E-state index contributed by atoms with van der Waals surface area (Å²) in [6, 6.07) is 6.48. The van der Waals surface area contributed by atoms with Crippen molar-refractivity contribution in [3.63, 3.8) is 0 Å². The molecule has 0 fully saturated rings. The Bertz CT molecular complexity index is 432. The number of nitrogens with zero attached hydrogens (tertiary/aromatic N) is 2. The molecule has 0 saturated heterocycles. The van der Waals surface area contributed by atoms with E-state index < -0.39 is 0 Å². The van der Waals surface area contributed by atoms with Crippen LogP contribution in [0.25, 0.3) is 0 Å². The zero-order chi connectivity index (χ0) is 15.0. The number of aryl methyl sites for hydroxylation is 1. The highest BCUT2D eigenvalue weighted by atomic mass is 127. The van der Waals surface area contributed by atoms with Crippen LogP contribution < -0.4 is 10.6 Å². The second-order valence-electron chi connectivity index (χ2n) is 5.71. The van der Waals surface area contributed by atoms with Crippen LogP contribution in [0.2, 0.25) is 0 Å². The van der Waals surface area contributed by atoms with Gasteiger partial charge in [0.25, 0.3) is 0 Å². The second kappa shape index (κ2) is 10.8. The lowest BCUT2D eigenvalue weighted by Gasteiger charge is -2.18. The molecule has 1 heterocycles. The molecule has 0 aliphatic rings. The summed E-state index contributed by atoms with van der Waals surface area (Å²) < 4.78 is 0. The maximum Gasteiger partial charge on any atom is 0.191 e. The number of halogens is 1. The number of hydrogen-bond donors (Lipinski definition) is 2. The lowest BCUT2D eigenvalue weighted by Crippen LogP contribution is -2.42. The third kappa shape index (κ3) is 8.90. The molecule has 1 aromatic rings. The molecule has 0 radical (unpaired) electrons. The van der Waals surface area contributed by atoms with E-state index in [2.05, 4.69) is 41.4 Å². The summed E-state index contributed by atoms with van der Waals surface area (Å²) in [5.74, 6) is 1.58. The first kappa shape index (κ1) is 20.1. The van der Waals surface area contributed by atoms with Crippen LogP contribution >= 0.6 is 24.0 Å². The first-order valence-electron chi connectivity index (χ1n) is 7.41. The Kier molecular flexibility index (Phi) is 10.4. The standard InChI is InChI=1S/C16H28N4.HI/c1-12(2)9-10-14(4)20-16(17-5)18-11-15-8-6-7-13(3)19-15;/h6-8,12,14H,9-11H2,1-5H3,(H2,17,18,20);1H. The molecule has 0 aromatic carbocycles. The Balaban J connectivity index is 0.00000400. The van der Waals surface area contributed by atoms with Crippen molar-refractivity contribution in [1.82, 2.24) is 15.6 Å². The smallest absolute Gasteiger partial charge is 0.191 e. The summed E-state index contributed by atoms with van der Waals surface area (Å²) in [7, 11) is 1.80. The van der Waals surface area contributed by atoms with Gasteiger partial charge in [-0.1, -0.05) is 19.9 Å². The van der Waals surface area contributed by atoms with Crippen molar-refractivity contribution < 1.29 is 0 Å². The molecule has 4 nitrogen and oxygen atoms in total. The highest BCUT2D eigenvalue weighted by molar-refractivity contribution is 14.0. The van der Waals surface area contributed by atoms with Crippen molar-refractivity contribution in [3.05, 3.63) is 29.6 Å². The predicted octanol–water partition coefficient (Wildman–Crippen LogP) is 3.50. The number of hydrogen-bond acceptors (Lipinski definition) is 2. The molecule has 1 aromatic heterocycles. The molecule has 1 unspecified atom stereocenters. The minimum Gasteiger partial charge on any atom is -0.354 e. The van der Waals surface area contributed by atoms with E-state index in [0.29, 0.717) is 12.6 Å². The van der Waals surface area contributed by atoms with Gasteiger partial charge in [0, 0.05) is 18.8 Å². The molecule has 5 heteroatoms. The summed E-state index contributed by atoms with van der Waals surface area (Å²) in [6.07, 6.45) is 2.38. The zero-order valence-corrected chi connectivity index (χ0v) is 16.1. The van der Waals surface area contributed by atoms with Crippen LogP contribution in [0.4, 0.5) is 0 Å². The Labute approximate surface area is 146 Å². The lowest BCUT2D eigenvalue weighted by atomic mass is 10.0. The van der Waals surface area contributed by atoms with Gasteiger partial charge in [-0.3, -0.25) is 9.98 Å². The van der Waals surface area contributed by atoms with Crippen LogP contribution in [0.5, 0.6) is 0 Å². The lowest BCUT2D eigenvalue weighted by molar-refractivity contribution is 0.489. The molecule has 0 spiro atoms. The van der Waals surface area contributed by atoms with Gasteiger partial charge in [0.1, 0.15) is 0 Å². The number of aliphatic imine (C=N–C) groups is 1. The highest BCUT2D eigenvalue weighted by Crippen LogP contribution is 2.06. The molecular weight excluding hydrogens is 375 g/mol. The van der Waals surface area contributed by atoms with E-state index in [0.717, 1.165) is 29.7 Å². The SMILES string of the molecule is CN=C(NCc1cccc(C)n1)NC(C)CCC(C)C.I. The van der Waals surface area contributed by atoms with Gasteiger partial charge < -0.3 is 10.6 Å². The van der Waals surface area contributed by atoms with Gasteiger partial charge in [-0.2, -0.15) is 0 Å². The first-order valence-corrected chi connectivity index (χ1v) is 7.41. The van der Waals surface area contributed by atoms with Gasteiger partial charge in [0.05, 0.1) is 12.2 Å². The third-order valence-electron chi connectivity index (χ3n) is 3.17. The molecule has 0 saturated carbocycles. The zero-order valence-electron chi connectivity index (χ0n) is 13.8. The summed E-state index contributed by atoms with van der Waals surface area (Å²) in [6.45, 7) is 9.40. The van der Waals surface area contributed by atoms with Crippen LogP contribution in [0.15, 0.2) is 23.2 Å². The van der Waals surface area contributed by atoms with Gasteiger partial charge in [-0.05, 0) is 44.7 Å². The number of guanidine groups is 1. The fourth-order valence-electron chi connectivity index (χ4n) is 1.96. The fraction of sp³-hybridized carbons (Fsp3) is 0.625. The predicted molar refractivity (Wildman–Crippen MR) is 101 cm³/mol. The van der Waals surface area contributed by atoms with Crippen LogP contribution in [-0.2, 0) is 6.54 Å². The van der Waals surface area contributed by atoms with Gasteiger partial charge >= 0.3 is 0 Å². The van der Waals surface area contributed by atoms with Crippen molar-refractivity contribution in [2.24, 2.45) is 10.9 Å². The third-order valence-corrected chi connectivity index (χ3v) is 3.17. The molecule has 1 rings (SSSR count). The summed E-state index contributed by atoms with van der Waals surface area (Å²) in [5, 5.41) is 6.73. The molecule has 0 amide bonds. The average Bonchev–Trinajstić information content (AvgIpc) is 2.41. The van der Waals surface area contributed by atoms with Gasteiger partial charge in [-0.25, -0.2) is 0 Å². The highest BCUT2D eigenvalue weighted by Gasteiger charge is 2.06. The van der Waals surface area contributed by atoms with Crippen molar-refractivity contribution in [2.45, 2.75) is 53.1 Å². The van der Waals surface area contributed by atoms with Crippen molar-refractivity contribution >= 4 is 29.9 Å². The summed E-state index contributed by atoms with van der Waals surface area (Å²) in [5.41, 5.74) is 2.07. The Morgan fingerprint density at radius 1 is 1.24 bits per heavy atom. The maximum atomic E-state index is 4.47. The second-order valence-corrected chi connectivity index (χ2v) is 5.71. The molecule has 0 bridgehead atoms. The Morgan fingerprint density at radius 3 is 2.52 bits per heavy atom. The fourth-order valence-corrected chi connectivity index (χ4v) is 1.96. The molecular formula is C16H29IN4. The molecule has 120 valence electrons. The van der Waals surface area contributed by atoms with Crippen molar-refractivity contribution in [2.75, 3.05) is 7.05 Å². The molecule has 21 heavy (non-hydrogen) atoms. The summed E-state index contributed by atoms with van der Waals surface area (Å²) >= 11 is 0. The molecule has 1 atom stereocenters. The van der Waals surface area contributed by atoms with Gasteiger partial charge in [0.2, 0.25) is 0 Å². The number of rotatable bonds is 6. The number of aromatic nitrogens is 1. The average molecular weight is 404 g/mol. The topological polar surface area (TPSA) is 49.3 Å². The van der Waals surface area contributed by atoms with E-state index in [-0.39, 0.29) is 24.0 Å². The van der Waals surface area contributed by atoms with E-state index in [9.17, 15) is 0 Å². The number of nitrogens with one attached hydrogen (secondary N) is 2. The molecule has 0 aliphatic heterocycles. The normalized spacial score (nSPS) is 12.8. The van der Waals surface area contributed by atoms with Crippen molar-refractivity contribution in [3.8, 4) is 0 Å². The Morgan fingerprint density at radius 2 is 1.95 bits per heavy atom. The van der Waals surface area contributed by atoms with E-state index in [1.807, 2.05) is 25.1 Å². The Hall–Kier alpha value is -0.850. The van der Waals surface area contributed by atoms with E-state index in [4.69, 9.17) is 0 Å². The quantitative estimate of drug-likeness (QED) is 0.434. The van der Waals surface area contributed by atoms with Gasteiger partial charge in [0.15, 0.2) is 5.96 Å². The van der Waals surface area contributed by atoms with E-state index in [1.165, 1.54) is 6.42 Å². The first-order chi connectivity index (χ1) is 9.51. The van der Waals surface area contributed by atoms with Crippen LogP contribution in [0.3, 0.4) is 0 Å². The number of pyridine rings is 1. The summed E-state index contributed by atoms with van der Waals surface area (Å²) in [4.78, 5) is 8.73. The molecule has 0 aliphatic carbocycles. The van der Waals surface area contributed by atoms with Crippen LogP contribution in [0, 0.1) is 12.8 Å². The molecule has 2 N–H and O–H groups in total. The van der Waals surface area contributed by atoms with Gasteiger partial charge in [-0.15, -0.1) is 24.0 Å². The van der Waals surface area contributed by atoms with E-state index in [1.54, 1.807) is 7.05 Å². The minimum atomic E-state index is 0.